The molecule has 0 atom stereocenters. The van der Waals surface area contributed by atoms with Gasteiger partial charge < -0.3 is 5.32 Å². The summed E-state index contributed by atoms with van der Waals surface area (Å²) in [6.45, 7) is 2.22. The molecule has 0 spiro atoms. The summed E-state index contributed by atoms with van der Waals surface area (Å²) in [5.41, 5.74) is 3.77. The predicted octanol–water partition coefficient (Wildman–Crippen LogP) is 4.44. The Balaban J connectivity index is 1.52. The van der Waals surface area contributed by atoms with Gasteiger partial charge in [0.25, 0.3) is 5.91 Å². The Labute approximate surface area is 193 Å². The van der Waals surface area contributed by atoms with Crippen molar-refractivity contribution in [3.05, 3.63) is 102 Å². The fourth-order valence-corrected chi connectivity index (χ4v) is 4.93. The maximum atomic E-state index is 13.1. The quantitative estimate of drug-likeness (QED) is 0.395. The first-order valence-corrected chi connectivity index (χ1v) is 12.4. The second-order valence-corrected chi connectivity index (χ2v) is 9.84. The standard InChI is InChI=1S/C26H25N3O3S/c1-20-11-8-9-16-23(20)25-24(19-29(28-25)21-12-4-2-5-13-21)26(30)27-17-10-18-33(31,32)22-14-6-3-7-15-22/h2-9,11-16,19H,10,17-18H2,1H3,(H,27,30). The molecule has 0 aliphatic heterocycles. The third-order valence-corrected chi connectivity index (χ3v) is 7.17. The van der Waals surface area contributed by atoms with Gasteiger partial charge >= 0.3 is 0 Å². The van der Waals surface area contributed by atoms with Crippen molar-refractivity contribution in [3.8, 4) is 16.9 Å². The molecule has 1 amide bonds. The van der Waals surface area contributed by atoms with Crippen molar-refractivity contribution < 1.29 is 13.2 Å². The molecule has 33 heavy (non-hydrogen) atoms. The Kier molecular flexibility index (Phi) is 6.70. The summed E-state index contributed by atoms with van der Waals surface area (Å²) in [7, 11) is -3.38. The smallest absolute Gasteiger partial charge is 0.255 e. The number of carbonyl (C=O) groups excluding carboxylic acids is 1. The molecule has 0 bridgehead atoms. The Bertz CT molecular complexity index is 1350. The second-order valence-electron chi connectivity index (χ2n) is 7.73. The number of sulfone groups is 1. The van der Waals surface area contributed by atoms with Gasteiger partial charge in [0.05, 0.1) is 21.9 Å². The largest absolute Gasteiger partial charge is 0.352 e. The molecule has 0 fully saturated rings. The average Bonchev–Trinajstić information content (AvgIpc) is 3.28. The van der Waals surface area contributed by atoms with Crippen LogP contribution in [0.2, 0.25) is 0 Å². The monoisotopic (exact) mass is 459 g/mol. The van der Waals surface area contributed by atoms with Gasteiger partial charge in [-0.25, -0.2) is 13.1 Å². The number of nitrogens with one attached hydrogen (secondary N) is 1. The summed E-state index contributed by atoms with van der Waals surface area (Å²) >= 11 is 0. The maximum Gasteiger partial charge on any atom is 0.255 e. The van der Waals surface area contributed by atoms with E-state index in [9.17, 15) is 13.2 Å². The molecule has 0 saturated heterocycles. The number of hydrogen-bond acceptors (Lipinski definition) is 4. The van der Waals surface area contributed by atoms with Crippen molar-refractivity contribution in [3.63, 3.8) is 0 Å². The van der Waals surface area contributed by atoms with Crippen LogP contribution in [0.1, 0.15) is 22.3 Å². The fourth-order valence-electron chi connectivity index (χ4n) is 3.60. The summed E-state index contributed by atoms with van der Waals surface area (Å²) in [5.74, 6) is -0.321. The van der Waals surface area contributed by atoms with Crippen molar-refractivity contribution >= 4 is 15.7 Å². The van der Waals surface area contributed by atoms with Crippen LogP contribution in [0.3, 0.4) is 0 Å². The molecular formula is C26H25N3O3S. The van der Waals surface area contributed by atoms with Crippen LogP contribution in [-0.4, -0.2) is 36.4 Å². The Morgan fingerprint density at radius 1 is 0.909 bits per heavy atom. The molecular weight excluding hydrogens is 434 g/mol. The van der Waals surface area contributed by atoms with Gasteiger partial charge in [-0.15, -0.1) is 0 Å². The van der Waals surface area contributed by atoms with Crippen LogP contribution in [0.25, 0.3) is 16.9 Å². The lowest BCUT2D eigenvalue weighted by molar-refractivity contribution is 0.0954. The second kappa shape index (κ2) is 9.83. The molecule has 0 radical (unpaired) electrons. The van der Waals surface area contributed by atoms with Gasteiger partial charge in [-0.2, -0.15) is 5.10 Å². The number of carbonyl (C=O) groups is 1. The number of rotatable bonds is 8. The van der Waals surface area contributed by atoms with E-state index in [1.165, 1.54) is 0 Å². The number of benzene rings is 3. The van der Waals surface area contributed by atoms with Crippen molar-refractivity contribution in [1.82, 2.24) is 15.1 Å². The van der Waals surface area contributed by atoms with E-state index in [1.807, 2.05) is 61.5 Å². The molecule has 0 aliphatic carbocycles. The van der Waals surface area contributed by atoms with Gasteiger partial charge in [-0.1, -0.05) is 60.7 Å². The van der Waals surface area contributed by atoms with Crippen LogP contribution in [0, 0.1) is 6.92 Å². The minimum atomic E-state index is -3.38. The number of hydrogen-bond donors (Lipinski definition) is 1. The minimum absolute atomic E-state index is 0.0365. The lowest BCUT2D eigenvalue weighted by Gasteiger charge is -2.08. The van der Waals surface area contributed by atoms with E-state index in [0.717, 1.165) is 16.8 Å². The third-order valence-electron chi connectivity index (χ3n) is 5.36. The summed E-state index contributed by atoms with van der Waals surface area (Å²) in [6, 6.07) is 25.7. The maximum absolute atomic E-state index is 13.1. The van der Waals surface area contributed by atoms with Crippen LogP contribution in [0.15, 0.2) is 96.0 Å². The SMILES string of the molecule is Cc1ccccc1-c1nn(-c2ccccc2)cc1C(=O)NCCCS(=O)(=O)c1ccccc1. The zero-order chi connectivity index (χ0) is 23.3. The van der Waals surface area contributed by atoms with E-state index in [1.54, 1.807) is 41.2 Å². The summed E-state index contributed by atoms with van der Waals surface area (Å²) in [6.07, 6.45) is 2.03. The van der Waals surface area contributed by atoms with Crippen LogP contribution in [-0.2, 0) is 9.84 Å². The first kappa shape index (κ1) is 22.5. The van der Waals surface area contributed by atoms with E-state index in [0.29, 0.717) is 22.6 Å². The molecule has 0 unspecified atom stereocenters. The Hall–Kier alpha value is -3.71. The highest BCUT2D eigenvalue weighted by Crippen LogP contribution is 2.26. The summed E-state index contributed by atoms with van der Waals surface area (Å²) < 4.78 is 26.6. The van der Waals surface area contributed by atoms with Crippen molar-refractivity contribution in [2.75, 3.05) is 12.3 Å². The zero-order valence-corrected chi connectivity index (χ0v) is 19.1. The summed E-state index contributed by atoms with van der Waals surface area (Å²) in [5, 5.41) is 7.56. The molecule has 4 rings (SSSR count). The van der Waals surface area contributed by atoms with E-state index in [-0.39, 0.29) is 18.2 Å². The van der Waals surface area contributed by atoms with Gasteiger partial charge in [-0.05, 0) is 43.2 Å². The van der Waals surface area contributed by atoms with Crippen molar-refractivity contribution in [1.29, 1.82) is 0 Å². The van der Waals surface area contributed by atoms with Gasteiger partial charge in [0, 0.05) is 18.3 Å². The van der Waals surface area contributed by atoms with Gasteiger partial charge in [0.1, 0.15) is 5.69 Å². The van der Waals surface area contributed by atoms with Crippen LogP contribution >= 0.6 is 0 Å². The van der Waals surface area contributed by atoms with E-state index in [4.69, 9.17) is 5.10 Å². The molecule has 1 aromatic heterocycles. The molecule has 1 N–H and O–H groups in total. The number of nitrogens with zero attached hydrogens (tertiary/aromatic N) is 2. The highest BCUT2D eigenvalue weighted by molar-refractivity contribution is 7.91. The van der Waals surface area contributed by atoms with Gasteiger partial charge in [0.15, 0.2) is 9.84 Å². The van der Waals surface area contributed by atoms with Crippen LogP contribution < -0.4 is 5.32 Å². The number of para-hydroxylation sites is 1. The van der Waals surface area contributed by atoms with Crippen LogP contribution in [0.4, 0.5) is 0 Å². The topological polar surface area (TPSA) is 81.1 Å². The molecule has 4 aromatic rings. The molecule has 168 valence electrons. The molecule has 0 aliphatic rings. The van der Waals surface area contributed by atoms with Crippen molar-refractivity contribution in [2.24, 2.45) is 0 Å². The highest BCUT2D eigenvalue weighted by atomic mass is 32.2. The normalized spacial score (nSPS) is 11.3. The Morgan fingerprint density at radius 2 is 1.55 bits per heavy atom. The van der Waals surface area contributed by atoms with Crippen LogP contribution in [0.5, 0.6) is 0 Å². The third kappa shape index (κ3) is 5.21. The van der Waals surface area contributed by atoms with Gasteiger partial charge in [0.2, 0.25) is 0 Å². The first-order valence-electron chi connectivity index (χ1n) is 10.7. The molecule has 7 heteroatoms. The molecule has 6 nitrogen and oxygen atoms in total. The Morgan fingerprint density at radius 3 is 2.24 bits per heavy atom. The lowest BCUT2D eigenvalue weighted by Crippen LogP contribution is -2.26. The molecule has 0 saturated carbocycles. The van der Waals surface area contributed by atoms with E-state index >= 15 is 0 Å². The number of aromatic nitrogens is 2. The van der Waals surface area contributed by atoms with Gasteiger partial charge in [-0.3, -0.25) is 4.79 Å². The summed E-state index contributed by atoms with van der Waals surface area (Å²) in [4.78, 5) is 13.4. The van der Waals surface area contributed by atoms with E-state index < -0.39 is 9.84 Å². The van der Waals surface area contributed by atoms with E-state index in [2.05, 4.69) is 5.32 Å². The van der Waals surface area contributed by atoms with Crippen molar-refractivity contribution in [2.45, 2.75) is 18.2 Å². The minimum Gasteiger partial charge on any atom is -0.352 e. The first-order chi connectivity index (χ1) is 16.0. The average molecular weight is 460 g/mol. The zero-order valence-electron chi connectivity index (χ0n) is 18.3. The molecule has 3 aromatic carbocycles. The molecule has 1 heterocycles. The number of aryl methyl sites for hydroxylation is 1. The fraction of sp³-hybridized carbons (Fsp3) is 0.154. The highest BCUT2D eigenvalue weighted by Gasteiger charge is 2.20. The lowest BCUT2D eigenvalue weighted by atomic mass is 10.0. The number of amides is 1. The predicted molar refractivity (Wildman–Crippen MR) is 129 cm³/mol.